The van der Waals surface area contributed by atoms with E-state index in [1.165, 1.54) is 4.57 Å². The number of rotatable bonds is 16. The maximum Gasteiger partial charge on any atom is 0.406 e. The standard InChI is InChI=1S/C35H45F3N4O6/c1-5-9-26-20-27-31(10-8-11-32(27)42(26)24-35(36,37)38)39-30-12-14-40(4)21-25(30)13-16-45-18-19-46-17-15-41-22-28(33(43)47-6-2)29(23-41)34(44)48-7-3/h8,10-11,20,22-23,25,30,39H,6-7,12-19,21,24H2,1-4H3. The highest BCUT2D eigenvalue weighted by Gasteiger charge is 2.31. The molecule has 0 bridgehead atoms. The molecule has 1 aromatic carbocycles. The summed E-state index contributed by atoms with van der Waals surface area (Å²) in [6.45, 7) is 8.17. The van der Waals surface area contributed by atoms with Crippen LogP contribution in [0.5, 0.6) is 0 Å². The number of alkyl halides is 3. The zero-order valence-corrected chi connectivity index (χ0v) is 28.0. The Kier molecular flexibility index (Phi) is 13.4. The molecule has 3 heterocycles. The predicted octanol–water partition coefficient (Wildman–Crippen LogP) is 5.59. The summed E-state index contributed by atoms with van der Waals surface area (Å²) in [4.78, 5) is 26.9. The van der Waals surface area contributed by atoms with Crippen molar-refractivity contribution in [2.75, 3.05) is 65.1 Å². The molecule has 13 heteroatoms. The lowest BCUT2D eigenvalue weighted by Gasteiger charge is -2.38. The summed E-state index contributed by atoms with van der Waals surface area (Å²) < 4.78 is 64.9. The first-order valence-electron chi connectivity index (χ1n) is 16.3. The van der Waals surface area contributed by atoms with Crippen LogP contribution >= 0.6 is 0 Å². The number of likely N-dealkylation sites (tertiary alicyclic amines) is 1. The lowest BCUT2D eigenvalue weighted by Crippen LogP contribution is -2.45. The van der Waals surface area contributed by atoms with Gasteiger partial charge in [-0.2, -0.15) is 13.2 Å². The fraction of sp³-hybridized carbons (Fsp3) is 0.543. The number of nitrogens with zero attached hydrogens (tertiary/aromatic N) is 3. The molecule has 2 aromatic heterocycles. The number of halogens is 3. The number of esters is 2. The van der Waals surface area contributed by atoms with E-state index in [-0.39, 0.29) is 36.3 Å². The number of carbonyl (C=O) groups excluding carboxylic acids is 2. The van der Waals surface area contributed by atoms with E-state index in [1.54, 1.807) is 55.9 Å². The van der Waals surface area contributed by atoms with Crippen LogP contribution in [0.15, 0.2) is 36.7 Å². The van der Waals surface area contributed by atoms with Crippen molar-refractivity contribution in [1.82, 2.24) is 14.0 Å². The van der Waals surface area contributed by atoms with E-state index in [2.05, 4.69) is 29.1 Å². The summed E-state index contributed by atoms with van der Waals surface area (Å²) in [6.07, 6.45) is 0.451. The van der Waals surface area contributed by atoms with Gasteiger partial charge in [-0.1, -0.05) is 12.0 Å². The van der Waals surface area contributed by atoms with Crippen molar-refractivity contribution >= 4 is 28.5 Å². The summed E-state index contributed by atoms with van der Waals surface area (Å²) in [6, 6.07) is 7.26. The number of fused-ring (bicyclic) bond motifs is 1. The molecule has 0 saturated carbocycles. The summed E-state index contributed by atoms with van der Waals surface area (Å²) >= 11 is 0. The number of aromatic nitrogens is 2. The Morgan fingerprint density at radius 3 is 2.29 bits per heavy atom. The smallest absolute Gasteiger partial charge is 0.406 e. The summed E-state index contributed by atoms with van der Waals surface area (Å²) in [5, 5.41) is 4.37. The third kappa shape index (κ3) is 10.0. The van der Waals surface area contributed by atoms with Gasteiger partial charge in [0.1, 0.15) is 6.54 Å². The second-order valence-corrected chi connectivity index (χ2v) is 11.7. The van der Waals surface area contributed by atoms with Gasteiger partial charge >= 0.3 is 18.1 Å². The minimum Gasteiger partial charge on any atom is -0.462 e. The van der Waals surface area contributed by atoms with E-state index in [9.17, 15) is 22.8 Å². The van der Waals surface area contributed by atoms with Crippen molar-refractivity contribution in [2.24, 2.45) is 5.92 Å². The first-order valence-corrected chi connectivity index (χ1v) is 16.3. The number of benzene rings is 1. The van der Waals surface area contributed by atoms with Crippen molar-refractivity contribution in [3.05, 3.63) is 53.5 Å². The third-order valence-electron chi connectivity index (χ3n) is 8.18. The van der Waals surface area contributed by atoms with Gasteiger partial charge in [-0.3, -0.25) is 0 Å². The van der Waals surface area contributed by atoms with Gasteiger partial charge in [0.25, 0.3) is 0 Å². The molecule has 3 aromatic rings. The monoisotopic (exact) mass is 674 g/mol. The maximum atomic E-state index is 13.4. The average Bonchev–Trinajstić information content (AvgIpc) is 3.62. The highest BCUT2D eigenvalue weighted by Crippen LogP contribution is 2.32. The van der Waals surface area contributed by atoms with E-state index in [0.29, 0.717) is 44.2 Å². The molecule has 10 nitrogen and oxygen atoms in total. The van der Waals surface area contributed by atoms with Gasteiger partial charge in [0.15, 0.2) is 0 Å². The van der Waals surface area contributed by atoms with Gasteiger partial charge in [-0.05, 0) is 77.2 Å². The molecule has 2 atom stereocenters. The number of carbonyl (C=O) groups is 2. The van der Waals surface area contributed by atoms with Crippen LogP contribution in [0.4, 0.5) is 18.9 Å². The summed E-state index contributed by atoms with van der Waals surface area (Å²) in [7, 11) is 2.09. The lowest BCUT2D eigenvalue weighted by atomic mass is 9.89. The minimum atomic E-state index is -4.36. The molecule has 1 N–H and O–H groups in total. The Morgan fingerprint density at radius 1 is 1.00 bits per heavy atom. The Bertz CT molecular complexity index is 1550. The van der Waals surface area contributed by atoms with Crippen LogP contribution in [-0.4, -0.2) is 98.0 Å². The first-order chi connectivity index (χ1) is 23.0. The molecule has 4 rings (SSSR count). The quantitative estimate of drug-likeness (QED) is 0.120. The predicted molar refractivity (Wildman–Crippen MR) is 176 cm³/mol. The van der Waals surface area contributed by atoms with Crippen LogP contribution in [0.1, 0.15) is 60.0 Å². The van der Waals surface area contributed by atoms with E-state index >= 15 is 0 Å². The van der Waals surface area contributed by atoms with Gasteiger partial charge in [0.05, 0.1) is 55.4 Å². The highest BCUT2D eigenvalue weighted by atomic mass is 19.4. The fourth-order valence-corrected chi connectivity index (χ4v) is 5.99. The number of nitrogens with one attached hydrogen (secondary N) is 1. The van der Waals surface area contributed by atoms with Gasteiger partial charge in [0.2, 0.25) is 0 Å². The van der Waals surface area contributed by atoms with Gasteiger partial charge in [-0.15, -0.1) is 0 Å². The Balaban J connectivity index is 1.27. The molecule has 1 aliphatic rings. The van der Waals surface area contributed by atoms with Gasteiger partial charge in [-0.25, -0.2) is 9.59 Å². The molecule has 262 valence electrons. The molecule has 0 aliphatic carbocycles. The zero-order chi connectivity index (χ0) is 34.7. The van der Waals surface area contributed by atoms with Crippen molar-refractivity contribution in [3.8, 4) is 11.8 Å². The number of hydrogen-bond donors (Lipinski definition) is 1. The van der Waals surface area contributed by atoms with Crippen molar-refractivity contribution in [3.63, 3.8) is 0 Å². The summed E-state index contributed by atoms with van der Waals surface area (Å²) in [5.74, 6) is 4.67. The molecule has 0 radical (unpaired) electrons. The second-order valence-electron chi connectivity index (χ2n) is 11.7. The number of anilines is 1. The van der Waals surface area contributed by atoms with Crippen LogP contribution < -0.4 is 5.32 Å². The van der Waals surface area contributed by atoms with E-state index in [4.69, 9.17) is 18.9 Å². The first kappa shape index (κ1) is 36.8. The number of hydrogen-bond acceptors (Lipinski definition) is 8. The normalized spacial score (nSPS) is 16.8. The number of ether oxygens (including phenoxy) is 4. The topological polar surface area (TPSA) is 96.2 Å². The van der Waals surface area contributed by atoms with Crippen LogP contribution in [0, 0.1) is 17.8 Å². The number of piperidine rings is 1. The highest BCUT2D eigenvalue weighted by molar-refractivity contribution is 6.03. The van der Waals surface area contributed by atoms with Gasteiger partial charge < -0.3 is 38.3 Å². The molecular weight excluding hydrogens is 629 g/mol. The minimum absolute atomic E-state index is 0.124. The molecule has 0 spiro atoms. The van der Waals surface area contributed by atoms with Crippen LogP contribution in [0.3, 0.4) is 0 Å². The maximum absolute atomic E-state index is 13.4. The van der Waals surface area contributed by atoms with E-state index < -0.39 is 24.7 Å². The Morgan fingerprint density at radius 2 is 1.67 bits per heavy atom. The van der Waals surface area contributed by atoms with E-state index in [0.717, 1.165) is 37.0 Å². The van der Waals surface area contributed by atoms with Crippen LogP contribution in [0.2, 0.25) is 0 Å². The van der Waals surface area contributed by atoms with Crippen LogP contribution in [0.25, 0.3) is 10.9 Å². The molecule has 0 amide bonds. The molecule has 1 aliphatic heterocycles. The largest absolute Gasteiger partial charge is 0.462 e. The molecule has 48 heavy (non-hydrogen) atoms. The SMILES string of the molecule is CC#Cc1cc2c(NC3CCN(C)CC3CCOCCOCCn3cc(C(=O)OCC)c(C(=O)OCC)c3)cccc2n1CC(F)(F)F. The Labute approximate surface area is 279 Å². The van der Waals surface area contributed by atoms with Crippen LogP contribution in [-0.2, 0) is 32.0 Å². The average molecular weight is 675 g/mol. The molecule has 2 unspecified atom stereocenters. The molecule has 1 fully saturated rings. The molecule has 1 saturated heterocycles. The van der Waals surface area contributed by atoms with Crippen molar-refractivity contribution < 1.29 is 41.7 Å². The van der Waals surface area contributed by atoms with E-state index in [1.807, 2.05) is 6.07 Å². The van der Waals surface area contributed by atoms with Gasteiger partial charge in [0, 0.05) is 49.2 Å². The third-order valence-corrected chi connectivity index (χ3v) is 8.18. The zero-order valence-electron chi connectivity index (χ0n) is 28.0. The second kappa shape index (κ2) is 17.4. The van der Waals surface area contributed by atoms with Crippen molar-refractivity contribution in [2.45, 2.75) is 58.9 Å². The molecular formula is C35H45F3N4O6. The van der Waals surface area contributed by atoms with Crippen molar-refractivity contribution in [1.29, 1.82) is 0 Å². The summed E-state index contributed by atoms with van der Waals surface area (Å²) in [5.41, 5.74) is 1.95. The fourth-order valence-electron chi connectivity index (χ4n) is 5.99. The lowest BCUT2D eigenvalue weighted by molar-refractivity contribution is -0.140. The Hall–Kier alpha value is -3.99.